The van der Waals surface area contributed by atoms with Gasteiger partial charge in [-0.3, -0.25) is 14.9 Å². The largest absolute Gasteiger partial charge is 0.496 e. The number of urea groups is 1. The number of carbonyl (C=O) groups excluding carboxylic acids is 3. The summed E-state index contributed by atoms with van der Waals surface area (Å²) in [6.07, 6.45) is 1.34. The maximum atomic E-state index is 13.1. The maximum absolute atomic E-state index is 13.1. The number of carbonyl (C=O) groups is 3. The van der Waals surface area contributed by atoms with Crippen LogP contribution in [0.3, 0.4) is 0 Å². The second-order valence-electron chi connectivity index (χ2n) is 6.33. The van der Waals surface area contributed by atoms with Crippen molar-refractivity contribution in [1.29, 1.82) is 0 Å². The molecule has 0 aliphatic carbocycles. The molecule has 2 aromatic rings. The number of imide groups is 2. The third-order valence-corrected chi connectivity index (χ3v) is 4.54. The number of methoxy groups -OCH3 is 3. The van der Waals surface area contributed by atoms with Crippen molar-refractivity contribution >= 4 is 29.6 Å². The zero-order valence-corrected chi connectivity index (χ0v) is 17.6. The van der Waals surface area contributed by atoms with Gasteiger partial charge in [-0.05, 0) is 43.3 Å². The zero-order valence-electron chi connectivity index (χ0n) is 17.6. The molecule has 0 atom stereocenters. The second-order valence-corrected chi connectivity index (χ2v) is 6.33. The van der Waals surface area contributed by atoms with Gasteiger partial charge in [0, 0.05) is 11.6 Å². The lowest BCUT2D eigenvalue weighted by molar-refractivity contribution is -0.122. The molecule has 9 nitrogen and oxygen atoms in total. The Kier molecular flexibility index (Phi) is 6.44. The number of nitrogens with one attached hydrogen (secondary N) is 1. The van der Waals surface area contributed by atoms with Gasteiger partial charge in [0.05, 0.1) is 33.6 Å². The quantitative estimate of drug-likeness (QED) is 0.536. The van der Waals surface area contributed by atoms with Crippen molar-refractivity contribution < 1.29 is 33.3 Å². The van der Waals surface area contributed by atoms with Gasteiger partial charge in [-0.25, -0.2) is 9.69 Å². The van der Waals surface area contributed by atoms with E-state index in [-0.39, 0.29) is 5.57 Å². The molecule has 0 radical (unpaired) electrons. The summed E-state index contributed by atoms with van der Waals surface area (Å²) >= 11 is 0. The van der Waals surface area contributed by atoms with Gasteiger partial charge >= 0.3 is 6.03 Å². The van der Waals surface area contributed by atoms with Crippen molar-refractivity contribution in [3.63, 3.8) is 0 Å². The molecular weight excluding hydrogens is 404 g/mol. The van der Waals surface area contributed by atoms with E-state index in [9.17, 15) is 14.4 Å². The molecule has 0 saturated carbocycles. The molecule has 31 heavy (non-hydrogen) atoms. The minimum Gasteiger partial charge on any atom is -0.496 e. The SMILES string of the molecule is CCOc1ccc(N2C(=O)NC(=O)C(=Cc3cc(OC)c(OC)cc3OC)C2=O)cc1. The second kappa shape index (κ2) is 9.21. The van der Waals surface area contributed by atoms with Crippen LogP contribution in [0.5, 0.6) is 23.0 Å². The van der Waals surface area contributed by atoms with Crippen LogP contribution in [0.2, 0.25) is 0 Å². The van der Waals surface area contributed by atoms with Crippen LogP contribution in [0.15, 0.2) is 42.0 Å². The molecule has 4 amide bonds. The molecule has 0 aromatic heterocycles. The number of hydrogen-bond donors (Lipinski definition) is 1. The highest BCUT2D eigenvalue weighted by Crippen LogP contribution is 2.36. The van der Waals surface area contributed by atoms with Crippen LogP contribution in [-0.2, 0) is 9.59 Å². The Hall–Kier alpha value is -4.01. The highest BCUT2D eigenvalue weighted by molar-refractivity contribution is 6.39. The summed E-state index contributed by atoms with van der Waals surface area (Å²) in [5.41, 5.74) is 0.460. The summed E-state index contributed by atoms with van der Waals surface area (Å²) in [6, 6.07) is 8.71. The summed E-state index contributed by atoms with van der Waals surface area (Å²) < 4.78 is 21.3. The van der Waals surface area contributed by atoms with Gasteiger partial charge in [0.15, 0.2) is 11.5 Å². The standard InChI is InChI=1S/C22H22N2O7/c1-5-31-15-8-6-14(7-9-15)24-21(26)16(20(25)23-22(24)27)10-13-11-18(29-3)19(30-4)12-17(13)28-2/h6-12H,5H2,1-4H3,(H,23,25,27). The average molecular weight is 426 g/mol. The third-order valence-electron chi connectivity index (χ3n) is 4.54. The van der Waals surface area contributed by atoms with E-state index in [0.29, 0.717) is 40.9 Å². The lowest BCUT2D eigenvalue weighted by atomic mass is 10.1. The Morgan fingerprint density at radius 2 is 1.52 bits per heavy atom. The Labute approximate surface area is 179 Å². The first kappa shape index (κ1) is 21.7. The molecule has 1 saturated heterocycles. The molecule has 1 N–H and O–H groups in total. The van der Waals surface area contributed by atoms with Gasteiger partial charge < -0.3 is 18.9 Å². The fourth-order valence-corrected chi connectivity index (χ4v) is 3.07. The summed E-state index contributed by atoms with van der Waals surface area (Å²) in [7, 11) is 4.39. The molecule has 0 spiro atoms. The molecular formula is C22H22N2O7. The van der Waals surface area contributed by atoms with Crippen LogP contribution in [0.1, 0.15) is 12.5 Å². The van der Waals surface area contributed by atoms with Crippen molar-refractivity contribution in [1.82, 2.24) is 5.32 Å². The zero-order chi connectivity index (χ0) is 22.5. The van der Waals surface area contributed by atoms with E-state index in [4.69, 9.17) is 18.9 Å². The van der Waals surface area contributed by atoms with Gasteiger partial charge in [-0.15, -0.1) is 0 Å². The Balaban J connectivity index is 2.03. The number of benzene rings is 2. The number of barbiturate groups is 1. The van der Waals surface area contributed by atoms with Crippen LogP contribution in [0, 0.1) is 0 Å². The van der Waals surface area contributed by atoms with E-state index in [1.54, 1.807) is 36.4 Å². The minimum atomic E-state index is -0.837. The van der Waals surface area contributed by atoms with Gasteiger partial charge in [0.1, 0.15) is 17.1 Å². The molecule has 1 aliphatic rings. The number of hydrogen-bond acceptors (Lipinski definition) is 7. The van der Waals surface area contributed by atoms with E-state index in [2.05, 4.69) is 5.32 Å². The number of rotatable bonds is 7. The van der Waals surface area contributed by atoms with Crippen molar-refractivity contribution in [2.75, 3.05) is 32.8 Å². The number of ether oxygens (including phenoxy) is 4. The van der Waals surface area contributed by atoms with Crippen LogP contribution in [0.4, 0.5) is 10.5 Å². The van der Waals surface area contributed by atoms with E-state index in [1.807, 2.05) is 6.92 Å². The predicted octanol–water partition coefficient (Wildman–Crippen LogP) is 2.78. The van der Waals surface area contributed by atoms with Crippen molar-refractivity contribution in [3.05, 3.63) is 47.5 Å². The van der Waals surface area contributed by atoms with E-state index < -0.39 is 17.8 Å². The maximum Gasteiger partial charge on any atom is 0.335 e. The molecule has 1 fully saturated rings. The fraction of sp³-hybridized carbons (Fsp3) is 0.227. The van der Waals surface area contributed by atoms with E-state index in [1.165, 1.54) is 27.4 Å². The number of anilines is 1. The van der Waals surface area contributed by atoms with Crippen LogP contribution < -0.4 is 29.2 Å². The first-order valence-electron chi connectivity index (χ1n) is 9.37. The lowest BCUT2D eigenvalue weighted by Crippen LogP contribution is -2.54. The summed E-state index contributed by atoms with van der Waals surface area (Å²) in [5.74, 6) is 0.183. The number of amides is 4. The van der Waals surface area contributed by atoms with Gasteiger partial charge in [0.25, 0.3) is 11.8 Å². The third kappa shape index (κ3) is 4.30. The Morgan fingerprint density at radius 1 is 0.903 bits per heavy atom. The van der Waals surface area contributed by atoms with Gasteiger partial charge in [-0.2, -0.15) is 0 Å². The molecule has 9 heteroatoms. The van der Waals surface area contributed by atoms with Gasteiger partial charge in [0.2, 0.25) is 0 Å². The first-order chi connectivity index (χ1) is 14.9. The smallest absolute Gasteiger partial charge is 0.335 e. The molecule has 1 aliphatic heterocycles. The molecule has 0 bridgehead atoms. The number of nitrogens with zero attached hydrogens (tertiary/aromatic N) is 1. The molecule has 162 valence electrons. The first-order valence-corrected chi connectivity index (χ1v) is 9.37. The van der Waals surface area contributed by atoms with E-state index >= 15 is 0 Å². The normalized spacial score (nSPS) is 15.0. The van der Waals surface area contributed by atoms with Crippen molar-refractivity contribution in [2.45, 2.75) is 6.92 Å². The van der Waals surface area contributed by atoms with Gasteiger partial charge in [-0.1, -0.05) is 0 Å². The summed E-state index contributed by atoms with van der Waals surface area (Å²) in [4.78, 5) is 38.8. The van der Waals surface area contributed by atoms with Crippen molar-refractivity contribution in [3.8, 4) is 23.0 Å². The Morgan fingerprint density at radius 3 is 2.10 bits per heavy atom. The monoisotopic (exact) mass is 426 g/mol. The summed E-state index contributed by atoms with van der Waals surface area (Å²) in [5, 5.41) is 2.19. The fourth-order valence-electron chi connectivity index (χ4n) is 3.07. The van der Waals surface area contributed by atoms with Crippen molar-refractivity contribution in [2.24, 2.45) is 0 Å². The van der Waals surface area contributed by atoms with Crippen LogP contribution in [0.25, 0.3) is 6.08 Å². The average Bonchev–Trinajstić information content (AvgIpc) is 2.77. The topological polar surface area (TPSA) is 103 Å². The van der Waals surface area contributed by atoms with Crippen LogP contribution in [-0.4, -0.2) is 45.8 Å². The predicted molar refractivity (Wildman–Crippen MR) is 113 cm³/mol. The summed E-state index contributed by atoms with van der Waals surface area (Å²) in [6.45, 7) is 2.33. The minimum absolute atomic E-state index is 0.237. The lowest BCUT2D eigenvalue weighted by Gasteiger charge is -2.26. The molecule has 0 unspecified atom stereocenters. The van der Waals surface area contributed by atoms with Crippen LogP contribution >= 0.6 is 0 Å². The van der Waals surface area contributed by atoms with E-state index in [0.717, 1.165) is 4.90 Å². The molecule has 1 heterocycles. The highest BCUT2D eigenvalue weighted by atomic mass is 16.5. The molecule has 2 aromatic carbocycles. The highest BCUT2D eigenvalue weighted by Gasteiger charge is 2.37. The molecule has 3 rings (SSSR count). The Bertz CT molecular complexity index is 1040.